The minimum Gasteiger partial charge on any atom is -0.477 e. The number of hydrogen-bond acceptors (Lipinski definition) is 3. The summed E-state index contributed by atoms with van der Waals surface area (Å²) in [6.45, 7) is 5.29. The molecule has 112 valence electrons. The van der Waals surface area contributed by atoms with Crippen LogP contribution >= 0.6 is 23.2 Å². The second-order valence-electron chi connectivity index (χ2n) is 4.42. The first-order chi connectivity index (χ1) is 9.49. The molecule has 1 atom stereocenters. The van der Waals surface area contributed by atoms with Crippen molar-refractivity contribution < 1.29 is 14.6 Å². The monoisotopic (exact) mass is 319 g/mol. The Kier molecular flexibility index (Phi) is 7.13. The molecule has 1 rings (SSSR count). The van der Waals surface area contributed by atoms with Crippen molar-refractivity contribution >= 4 is 29.2 Å². The van der Waals surface area contributed by atoms with E-state index < -0.39 is 12.2 Å². The second-order valence-corrected chi connectivity index (χ2v) is 5.26. The molecular formula is C14H19Cl2NO3. The zero-order chi connectivity index (χ0) is 15.1. The summed E-state index contributed by atoms with van der Waals surface area (Å²) in [6.07, 6.45) is 0.650. The van der Waals surface area contributed by atoms with Crippen LogP contribution in [0.2, 0.25) is 10.0 Å². The van der Waals surface area contributed by atoms with E-state index in [1.165, 1.54) is 6.07 Å². The van der Waals surface area contributed by atoms with Crippen molar-refractivity contribution in [3.63, 3.8) is 0 Å². The fraction of sp³-hybridized carbons (Fsp3) is 0.500. The fourth-order valence-electron chi connectivity index (χ4n) is 1.89. The van der Waals surface area contributed by atoms with E-state index >= 15 is 0 Å². The van der Waals surface area contributed by atoms with E-state index in [9.17, 15) is 9.90 Å². The van der Waals surface area contributed by atoms with Gasteiger partial charge >= 0.3 is 5.97 Å². The van der Waals surface area contributed by atoms with Crippen LogP contribution in [-0.2, 0) is 4.79 Å². The van der Waals surface area contributed by atoms with Crippen LogP contribution in [0.25, 0.3) is 0 Å². The maximum Gasteiger partial charge on any atom is 0.360 e. The van der Waals surface area contributed by atoms with Gasteiger partial charge in [-0.25, -0.2) is 4.79 Å². The second kappa shape index (κ2) is 8.35. The number of carbonyl (C=O) groups is 1. The van der Waals surface area contributed by atoms with E-state index in [2.05, 4.69) is 0 Å². The molecule has 1 unspecified atom stereocenters. The van der Waals surface area contributed by atoms with E-state index in [1.807, 2.05) is 13.8 Å². The molecule has 0 aromatic heterocycles. The van der Waals surface area contributed by atoms with Crippen LogP contribution in [0.4, 0.5) is 0 Å². The Morgan fingerprint density at radius 2 is 1.90 bits per heavy atom. The average molecular weight is 320 g/mol. The van der Waals surface area contributed by atoms with Crippen molar-refractivity contribution in [2.75, 3.05) is 13.1 Å². The lowest BCUT2D eigenvalue weighted by Gasteiger charge is -2.28. The summed E-state index contributed by atoms with van der Waals surface area (Å²) in [7, 11) is 0. The van der Waals surface area contributed by atoms with E-state index in [-0.39, 0.29) is 0 Å². The molecule has 0 aliphatic heterocycles. The smallest absolute Gasteiger partial charge is 0.360 e. The molecule has 0 amide bonds. The molecule has 0 aliphatic rings. The molecule has 0 spiro atoms. The molecular weight excluding hydrogens is 301 g/mol. The van der Waals surface area contributed by atoms with Gasteiger partial charge in [-0.2, -0.15) is 0 Å². The minimum atomic E-state index is -1.05. The van der Waals surface area contributed by atoms with Crippen molar-refractivity contribution in [2.24, 2.45) is 0 Å². The van der Waals surface area contributed by atoms with Crippen LogP contribution < -0.4 is 4.74 Å². The summed E-state index contributed by atoms with van der Waals surface area (Å²) >= 11 is 11.8. The van der Waals surface area contributed by atoms with Gasteiger partial charge in [0.05, 0.1) is 5.02 Å². The molecule has 0 heterocycles. The molecule has 0 saturated heterocycles. The highest BCUT2D eigenvalue weighted by molar-refractivity contribution is 6.35. The van der Waals surface area contributed by atoms with Crippen molar-refractivity contribution in [2.45, 2.75) is 32.9 Å². The van der Waals surface area contributed by atoms with Gasteiger partial charge < -0.3 is 9.84 Å². The highest BCUT2D eigenvalue weighted by atomic mass is 35.5. The van der Waals surface area contributed by atoms with Crippen LogP contribution in [0.5, 0.6) is 5.75 Å². The van der Waals surface area contributed by atoms with Gasteiger partial charge in [0.15, 0.2) is 0 Å². The summed E-state index contributed by atoms with van der Waals surface area (Å²) in [5.74, 6) is -0.710. The Morgan fingerprint density at radius 1 is 1.30 bits per heavy atom. The topological polar surface area (TPSA) is 49.8 Å². The lowest BCUT2D eigenvalue weighted by Crippen LogP contribution is -2.46. The molecule has 0 aliphatic carbocycles. The molecule has 0 bridgehead atoms. The summed E-state index contributed by atoms with van der Waals surface area (Å²) in [5.41, 5.74) is 0. The first-order valence-corrected chi connectivity index (χ1v) is 7.33. The number of hydrogen-bond donors (Lipinski definition) is 1. The molecule has 0 saturated carbocycles. The molecule has 1 aromatic carbocycles. The van der Waals surface area contributed by atoms with Gasteiger partial charge in [-0.05, 0) is 31.0 Å². The number of halogens is 2. The Hall–Kier alpha value is -0.970. The van der Waals surface area contributed by atoms with Gasteiger partial charge in [-0.3, -0.25) is 4.90 Å². The maximum absolute atomic E-state index is 11.4. The Morgan fingerprint density at radius 3 is 2.35 bits per heavy atom. The quantitative estimate of drug-likeness (QED) is 0.738. The summed E-state index contributed by atoms with van der Waals surface area (Å²) in [4.78, 5) is 13.2. The number of rotatable bonds is 8. The van der Waals surface area contributed by atoms with Gasteiger partial charge in [-0.1, -0.05) is 37.0 Å². The van der Waals surface area contributed by atoms with Crippen molar-refractivity contribution in [3.05, 3.63) is 28.2 Å². The Balaban J connectivity index is 2.92. The molecule has 6 heteroatoms. The van der Waals surface area contributed by atoms with Crippen molar-refractivity contribution in [1.82, 2.24) is 4.90 Å². The molecule has 1 aromatic rings. The van der Waals surface area contributed by atoms with Crippen molar-refractivity contribution in [1.29, 1.82) is 0 Å². The van der Waals surface area contributed by atoms with Crippen LogP contribution in [0.1, 0.15) is 26.7 Å². The zero-order valence-electron chi connectivity index (χ0n) is 11.6. The Bertz CT molecular complexity index is 448. The molecule has 1 N–H and O–H groups in total. The normalized spacial score (nSPS) is 12.4. The van der Waals surface area contributed by atoms with E-state index in [0.29, 0.717) is 28.9 Å². The minimum absolute atomic E-state index is 0.302. The largest absolute Gasteiger partial charge is 0.477 e. The molecule has 4 nitrogen and oxygen atoms in total. The lowest BCUT2D eigenvalue weighted by molar-refractivity contribution is -0.154. The lowest BCUT2D eigenvalue weighted by atomic mass is 10.3. The number of aliphatic carboxylic acids is 1. The van der Waals surface area contributed by atoms with Gasteiger partial charge in [0.2, 0.25) is 0 Å². The van der Waals surface area contributed by atoms with E-state index in [1.54, 1.807) is 17.0 Å². The van der Waals surface area contributed by atoms with Gasteiger partial charge in [0, 0.05) is 18.1 Å². The molecule has 20 heavy (non-hydrogen) atoms. The highest BCUT2D eigenvalue weighted by Gasteiger charge is 2.27. The molecule has 0 fully saturated rings. The van der Waals surface area contributed by atoms with Gasteiger partial charge in [-0.15, -0.1) is 0 Å². The van der Waals surface area contributed by atoms with Crippen LogP contribution in [-0.4, -0.2) is 35.3 Å². The van der Waals surface area contributed by atoms with Gasteiger partial charge in [0.1, 0.15) is 5.75 Å². The first kappa shape index (κ1) is 17.1. The third kappa shape index (κ3) is 4.85. The van der Waals surface area contributed by atoms with E-state index in [0.717, 1.165) is 12.8 Å². The van der Waals surface area contributed by atoms with Crippen LogP contribution in [0.15, 0.2) is 18.2 Å². The standard InChI is InChI=1S/C14H19Cl2NO3/c1-3-7-17(8-4-2)13(14(18)19)20-12-6-5-10(15)9-11(12)16/h5-6,9,13H,3-4,7-8H2,1-2H3,(H,18,19). The SMILES string of the molecule is CCCN(CCC)C(Oc1ccc(Cl)cc1Cl)C(=O)O. The number of benzene rings is 1. The van der Waals surface area contributed by atoms with Gasteiger partial charge in [0.25, 0.3) is 6.23 Å². The highest BCUT2D eigenvalue weighted by Crippen LogP contribution is 2.28. The number of carboxylic acids is 1. The predicted molar refractivity (Wildman–Crippen MR) is 80.7 cm³/mol. The summed E-state index contributed by atoms with van der Waals surface area (Å²) in [5, 5.41) is 10.2. The number of ether oxygens (including phenoxy) is 1. The zero-order valence-corrected chi connectivity index (χ0v) is 13.1. The average Bonchev–Trinajstić information content (AvgIpc) is 2.37. The number of carboxylic acid groups (broad SMARTS) is 1. The number of nitrogens with zero attached hydrogens (tertiary/aromatic N) is 1. The first-order valence-electron chi connectivity index (χ1n) is 6.58. The van der Waals surface area contributed by atoms with Crippen molar-refractivity contribution in [3.8, 4) is 5.75 Å². The molecule has 0 radical (unpaired) electrons. The summed E-state index contributed by atoms with van der Waals surface area (Å²) < 4.78 is 5.56. The maximum atomic E-state index is 11.4. The third-order valence-corrected chi connectivity index (χ3v) is 3.23. The van der Waals surface area contributed by atoms with E-state index in [4.69, 9.17) is 27.9 Å². The van der Waals surface area contributed by atoms with Crippen LogP contribution in [0, 0.1) is 0 Å². The fourth-order valence-corrected chi connectivity index (χ4v) is 2.35. The Labute approximate surface area is 129 Å². The third-order valence-electron chi connectivity index (χ3n) is 2.70. The summed E-state index contributed by atoms with van der Waals surface area (Å²) in [6, 6.07) is 4.73. The van der Waals surface area contributed by atoms with Crippen LogP contribution in [0.3, 0.4) is 0 Å². The predicted octanol–water partition coefficient (Wildman–Crippen LogP) is 3.90.